The second kappa shape index (κ2) is 8.60. The number of hydrogen-bond donors (Lipinski definition) is 2. The number of carbonyl (C=O) groups is 1. The number of piperidine rings is 1. The van der Waals surface area contributed by atoms with Gasteiger partial charge in [-0.25, -0.2) is 4.68 Å². The lowest BCUT2D eigenvalue weighted by Gasteiger charge is -2.23. The Morgan fingerprint density at radius 1 is 1.38 bits per heavy atom. The number of carbonyl (C=O) groups excluding carboxylic acids is 1. The summed E-state index contributed by atoms with van der Waals surface area (Å²) in [6.45, 7) is 6.59. The number of nitrogens with one attached hydrogen (secondary N) is 2. The molecule has 2 N–H and O–H groups in total. The van der Waals surface area contributed by atoms with Crippen LogP contribution in [-0.4, -0.2) is 34.0 Å². The smallest absolute Gasteiger partial charge is 0.274 e. The molecule has 1 aliphatic rings. The third-order valence-electron chi connectivity index (χ3n) is 4.29. The van der Waals surface area contributed by atoms with Gasteiger partial charge in [-0.3, -0.25) is 4.79 Å². The Bertz CT molecular complexity index is 678. The summed E-state index contributed by atoms with van der Waals surface area (Å²) in [4.78, 5) is 14.9. The first-order valence-electron chi connectivity index (χ1n) is 8.17. The molecule has 8 heteroatoms. The lowest BCUT2D eigenvalue weighted by Crippen LogP contribution is -2.30. The molecule has 24 heavy (non-hydrogen) atoms. The molecular weight excluding hydrogens is 346 g/mol. The lowest BCUT2D eigenvalue weighted by molar-refractivity contribution is 0.0945. The van der Waals surface area contributed by atoms with Gasteiger partial charge in [0.1, 0.15) is 0 Å². The third kappa shape index (κ3) is 4.15. The van der Waals surface area contributed by atoms with Crippen molar-refractivity contribution in [2.75, 3.05) is 13.1 Å². The number of aromatic nitrogens is 3. The van der Waals surface area contributed by atoms with E-state index in [-0.39, 0.29) is 18.3 Å². The Morgan fingerprint density at radius 3 is 2.75 bits per heavy atom. The van der Waals surface area contributed by atoms with Crippen LogP contribution in [0.3, 0.4) is 0 Å². The zero-order valence-electron chi connectivity index (χ0n) is 14.0. The van der Waals surface area contributed by atoms with Gasteiger partial charge in [-0.15, -0.1) is 28.8 Å². The Morgan fingerprint density at radius 2 is 2.08 bits per heavy atom. The van der Waals surface area contributed by atoms with Crippen LogP contribution in [0.25, 0.3) is 0 Å². The molecule has 2 aromatic rings. The summed E-state index contributed by atoms with van der Waals surface area (Å²) in [5.74, 6) is -0.144. The van der Waals surface area contributed by atoms with Gasteiger partial charge in [0.05, 0.1) is 18.3 Å². The average molecular weight is 370 g/mol. The maximum Gasteiger partial charge on any atom is 0.274 e. The predicted molar refractivity (Wildman–Crippen MR) is 98.0 cm³/mol. The van der Waals surface area contributed by atoms with Gasteiger partial charge >= 0.3 is 0 Å². The molecule has 1 amide bonds. The fourth-order valence-electron chi connectivity index (χ4n) is 2.91. The predicted octanol–water partition coefficient (Wildman–Crippen LogP) is 2.49. The molecule has 1 saturated heterocycles. The van der Waals surface area contributed by atoms with Crippen molar-refractivity contribution in [2.45, 2.75) is 45.7 Å². The molecule has 132 valence electrons. The number of amides is 1. The molecule has 0 spiro atoms. The number of thiophene rings is 1. The average Bonchev–Trinajstić information content (AvgIpc) is 3.20. The molecule has 0 aliphatic carbocycles. The standard InChI is InChI=1S/C16H23N5OS.ClH/c1-3-13-4-5-14(23-13)10-18-16(22)15-11(2)21(20-19-15)12-6-8-17-9-7-12;/h4-5,12,17H,3,6-10H2,1-2H3,(H,18,22);1H. The van der Waals surface area contributed by atoms with Crippen LogP contribution >= 0.6 is 23.7 Å². The van der Waals surface area contributed by atoms with Gasteiger partial charge in [-0.1, -0.05) is 12.1 Å². The first kappa shape index (κ1) is 18.9. The van der Waals surface area contributed by atoms with E-state index < -0.39 is 0 Å². The quantitative estimate of drug-likeness (QED) is 0.849. The number of halogens is 1. The molecule has 3 rings (SSSR count). The van der Waals surface area contributed by atoms with E-state index in [1.165, 1.54) is 9.75 Å². The van der Waals surface area contributed by atoms with Gasteiger partial charge in [0.25, 0.3) is 5.91 Å². The van der Waals surface area contributed by atoms with Crippen molar-refractivity contribution in [1.82, 2.24) is 25.6 Å². The van der Waals surface area contributed by atoms with E-state index >= 15 is 0 Å². The maximum absolute atomic E-state index is 12.4. The van der Waals surface area contributed by atoms with Crippen LogP contribution in [0.4, 0.5) is 0 Å². The van der Waals surface area contributed by atoms with Crippen molar-refractivity contribution in [3.05, 3.63) is 33.3 Å². The van der Waals surface area contributed by atoms with E-state index in [9.17, 15) is 4.79 Å². The van der Waals surface area contributed by atoms with Gasteiger partial charge in [-0.05, 0) is 51.4 Å². The Kier molecular flexibility index (Phi) is 6.77. The lowest BCUT2D eigenvalue weighted by atomic mass is 10.1. The monoisotopic (exact) mass is 369 g/mol. The molecule has 0 unspecified atom stereocenters. The zero-order valence-corrected chi connectivity index (χ0v) is 15.7. The molecule has 0 aromatic carbocycles. The van der Waals surface area contributed by atoms with Crippen LogP contribution in [0.1, 0.15) is 51.7 Å². The van der Waals surface area contributed by atoms with Crippen LogP contribution in [0.15, 0.2) is 12.1 Å². The molecule has 3 heterocycles. The second-order valence-corrected chi connectivity index (χ2v) is 7.11. The number of aryl methyl sites for hydroxylation is 1. The first-order valence-corrected chi connectivity index (χ1v) is 8.99. The summed E-state index contributed by atoms with van der Waals surface area (Å²) >= 11 is 1.74. The summed E-state index contributed by atoms with van der Waals surface area (Å²) < 4.78 is 1.91. The van der Waals surface area contributed by atoms with E-state index in [0.29, 0.717) is 18.3 Å². The van der Waals surface area contributed by atoms with Crippen molar-refractivity contribution in [1.29, 1.82) is 0 Å². The second-order valence-electron chi connectivity index (χ2n) is 5.85. The van der Waals surface area contributed by atoms with Gasteiger partial charge in [0, 0.05) is 9.75 Å². The fraction of sp³-hybridized carbons (Fsp3) is 0.562. The molecule has 0 bridgehead atoms. The largest absolute Gasteiger partial charge is 0.346 e. The van der Waals surface area contributed by atoms with Gasteiger partial charge in [-0.2, -0.15) is 0 Å². The van der Waals surface area contributed by atoms with Crippen LogP contribution in [0.2, 0.25) is 0 Å². The van der Waals surface area contributed by atoms with Crippen LogP contribution in [0, 0.1) is 6.92 Å². The molecular formula is C16H24ClN5OS. The summed E-state index contributed by atoms with van der Waals surface area (Å²) in [5, 5.41) is 14.6. The highest BCUT2D eigenvalue weighted by molar-refractivity contribution is 7.11. The third-order valence-corrected chi connectivity index (χ3v) is 5.52. The normalized spacial score (nSPS) is 15.1. The Labute approximate surface area is 152 Å². The minimum Gasteiger partial charge on any atom is -0.346 e. The topological polar surface area (TPSA) is 71.8 Å². The van der Waals surface area contributed by atoms with Crippen molar-refractivity contribution < 1.29 is 4.79 Å². The number of rotatable bonds is 5. The van der Waals surface area contributed by atoms with Gasteiger partial charge in [0.15, 0.2) is 5.69 Å². The van der Waals surface area contributed by atoms with E-state index in [2.05, 4.69) is 40.0 Å². The maximum atomic E-state index is 12.4. The van der Waals surface area contributed by atoms with E-state index in [0.717, 1.165) is 38.0 Å². The molecule has 1 aliphatic heterocycles. The molecule has 0 atom stereocenters. The Balaban J connectivity index is 0.00000208. The summed E-state index contributed by atoms with van der Waals surface area (Å²) in [5.41, 5.74) is 1.30. The van der Waals surface area contributed by atoms with Crippen molar-refractivity contribution in [3.63, 3.8) is 0 Å². The van der Waals surface area contributed by atoms with E-state index in [4.69, 9.17) is 0 Å². The number of hydrogen-bond acceptors (Lipinski definition) is 5. The SMILES string of the molecule is CCc1ccc(CNC(=O)c2nnn(C3CCNCC3)c2C)s1.Cl. The highest BCUT2D eigenvalue weighted by atomic mass is 35.5. The Hall–Kier alpha value is -1.44. The van der Waals surface area contributed by atoms with Crippen LogP contribution in [0.5, 0.6) is 0 Å². The first-order chi connectivity index (χ1) is 11.2. The van der Waals surface area contributed by atoms with E-state index in [1.54, 1.807) is 11.3 Å². The minimum absolute atomic E-state index is 0. The summed E-state index contributed by atoms with van der Waals surface area (Å²) in [6.07, 6.45) is 3.09. The zero-order chi connectivity index (χ0) is 16.2. The van der Waals surface area contributed by atoms with Gasteiger partial charge < -0.3 is 10.6 Å². The fourth-order valence-corrected chi connectivity index (χ4v) is 3.80. The summed E-state index contributed by atoms with van der Waals surface area (Å²) in [6, 6.07) is 4.53. The highest BCUT2D eigenvalue weighted by Crippen LogP contribution is 2.20. The van der Waals surface area contributed by atoms with Crippen molar-refractivity contribution in [2.24, 2.45) is 0 Å². The molecule has 0 radical (unpaired) electrons. The minimum atomic E-state index is -0.144. The van der Waals surface area contributed by atoms with Crippen molar-refractivity contribution >= 4 is 29.7 Å². The van der Waals surface area contributed by atoms with Crippen LogP contribution in [-0.2, 0) is 13.0 Å². The molecule has 1 fully saturated rings. The van der Waals surface area contributed by atoms with Gasteiger partial charge in [0.2, 0.25) is 0 Å². The van der Waals surface area contributed by atoms with Crippen LogP contribution < -0.4 is 10.6 Å². The van der Waals surface area contributed by atoms with E-state index in [1.807, 2.05) is 11.6 Å². The molecule has 2 aromatic heterocycles. The molecule has 0 saturated carbocycles. The number of nitrogens with zero attached hydrogens (tertiary/aromatic N) is 3. The van der Waals surface area contributed by atoms with Crippen molar-refractivity contribution in [3.8, 4) is 0 Å². The summed E-state index contributed by atoms with van der Waals surface area (Å²) in [7, 11) is 0. The highest BCUT2D eigenvalue weighted by Gasteiger charge is 2.22. The molecule has 6 nitrogen and oxygen atoms in total.